The van der Waals surface area contributed by atoms with Crippen molar-refractivity contribution in [3.05, 3.63) is 47.5 Å². The fourth-order valence-electron chi connectivity index (χ4n) is 4.19. The van der Waals surface area contributed by atoms with Gasteiger partial charge in [-0.2, -0.15) is 0 Å². The molecule has 2 aliphatic rings. The van der Waals surface area contributed by atoms with E-state index in [4.69, 9.17) is 9.47 Å². The Morgan fingerprint density at radius 1 is 1.34 bits per heavy atom. The number of anilines is 1. The minimum absolute atomic E-state index is 0.0567. The third-order valence-corrected chi connectivity index (χ3v) is 6.00. The van der Waals surface area contributed by atoms with E-state index in [2.05, 4.69) is 33.2 Å². The summed E-state index contributed by atoms with van der Waals surface area (Å²) >= 11 is 0. The summed E-state index contributed by atoms with van der Waals surface area (Å²) in [6.07, 6.45) is 5.98. The summed E-state index contributed by atoms with van der Waals surface area (Å²) in [5.74, 6) is 0. The van der Waals surface area contributed by atoms with E-state index in [9.17, 15) is 4.79 Å². The molecule has 2 aliphatic heterocycles. The number of carbonyl (C=O) groups excluding carboxylic acids is 1. The van der Waals surface area contributed by atoms with Gasteiger partial charge in [0.2, 0.25) is 0 Å². The van der Waals surface area contributed by atoms with Crippen LogP contribution < -0.4 is 10.6 Å². The van der Waals surface area contributed by atoms with Crippen LogP contribution in [0.4, 0.5) is 10.5 Å². The lowest BCUT2D eigenvalue weighted by Gasteiger charge is -2.33. The Morgan fingerprint density at radius 3 is 3.00 bits per heavy atom. The Morgan fingerprint density at radius 2 is 2.24 bits per heavy atom. The third-order valence-electron chi connectivity index (χ3n) is 6.00. The predicted molar refractivity (Wildman–Crippen MR) is 111 cm³/mol. The van der Waals surface area contributed by atoms with Crippen molar-refractivity contribution in [3.8, 4) is 0 Å². The summed E-state index contributed by atoms with van der Waals surface area (Å²) in [4.78, 5) is 16.7. The minimum Gasteiger partial charge on any atom is -0.378 e. The fourth-order valence-corrected chi connectivity index (χ4v) is 4.19. The van der Waals surface area contributed by atoms with Gasteiger partial charge >= 0.3 is 6.03 Å². The van der Waals surface area contributed by atoms with E-state index in [-0.39, 0.29) is 17.7 Å². The molecule has 0 radical (unpaired) electrons. The van der Waals surface area contributed by atoms with Gasteiger partial charge in [-0.25, -0.2) is 9.78 Å². The number of hydrogen-bond donors (Lipinski definition) is 2. The first-order chi connectivity index (χ1) is 14.0. The molecule has 7 heteroatoms. The molecule has 156 valence electrons. The Balaban J connectivity index is 1.27. The van der Waals surface area contributed by atoms with Crippen LogP contribution in [0.2, 0.25) is 0 Å². The van der Waals surface area contributed by atoms with Crippen LogP contribution in [0.3, 0.4) is 0 Å². The number of aromatic nitrogens is 2. The predicted octanol–water partition coefficient (Wildman–Crippen LogP) is 3.40. The number of carbonyl (C=O) groups is 1. The number of ether oxygens (including phenoxy) is 2. The molecule has 4 rings (SSSR count). The van der Waals surface area contributed by atoms with Gasteiger partial charge in [0.25, 0.3) is 0 Å². The van der Waals surface area contributed by atoms with Crippen LogP contribution in [-0.4, -0.2) is 47.0 Å². The van der Waals surface area contributed by atoms with Gasteiger partial charge in [-0.1, -0.05) is 12.1 Å². The van der Waals surface area contributed by atoms with Gasteiger partial charge in [-0.15, -0.1) is 0 Å². The van der Waals surface area contributed by atoms with E-state index in [0.29, 0.717) is 13.2 Å². The number of benzene rings is 1. The summed E-state index contributed by atoms with van der Waals surface area (Å²) in [6, 6.07) is 7.69. The number of urea groups is 1. The van der Waals surface area contributed by atoms with E-state index < -0.39 is 0 Å². The van der Waals surface area contributed by atoms with E-state index in [0.717, 1.165) is 61.5 Å². The zero-order valence-corrected chi connectivity index (χ0v) is 17.2. The molecule has 2 aromatic rings. The summed E-state index contributed by atoms with van der Waals surface area (Å²) in [7, 11) is 0. The monoisotopic (exact) mass is 398 g/mol. The van der Waals surface area contributed by atoms with Crippen molar-refractivity contribution in [2.45, 2.75) is 57.8 Å². The first-order valence-corrected chi connectivity index (χ1v) is 10.4. The van der Waals surface area contributed by atoms with Crippen molar-refractivity contribution in [1.82, 2.24) is 14.9 Å². The number of nitrogens with zero attached hydrogens (tertiary/aromatic N) is 2. The molecule has 2 unspecified atom stereocenters. The van der Waals surface area contributed by atoms with Crippen molar-refractivity contribution in [2.75, 3.05) is 25.1 Å². The second-order valence-electron chi connectivity index (χ2n) is 8.20. The highest BCUT2D eigenvalue weighted by molar-refractivity contribution is 5.89. The van der Waals surface area contributed by atoms with Crippen molar-refractivity contribution in [1.29, 1.82) is 0 Å². The van der Waals surface area contributed by atoms with Crippen LogP contribution in [-0.2, 0) is 16.0 Å². The largest absolute Gasteiger partial charge is 0.378 e. The van der Waals surface area contributed by atoms with Gasteiger partial charge in [0.05, 0.1) is 30.3 Å². The minimum atomic E-state index is -0.207. The lowest BCUT2D eigenvalue weighted by Crippen LogP contribution is -2.41. The van der Waals surface area contributed by atoms with Gasteiger partial charge in [-0.05, 0) is 57.2 Å². The molecule has 2 amide bonds. The average molecular weight is 399 g/mol. The molecule has 2 saturated heterocycles. The Kier molecular flexibility index (Phi) is 5.87. The average Bonchev–Trinajstić information content (AvgIpc) is 3.25. The molecular formula is C22H30N4O3. The molecule has 0 aliphatic carbocycles. The Bertz CT molecular complexity index is 857. The molecule has 3 heterocycles. The molecule has 2 atom stereocenters. The first kappa shape index (κ1) is 19.9. The van der Waals surface area contributed by atoms with E-state index in [1.165, 1.54) is 0 Å². The van der Waals surface area contributed by atoms with Gasteiger partial charge in [0.15, 0.2) is 0 Å². The maximum absolute atomic E-state index is 12.3. The first-order valence-electron chi connectivity index (χ1n) is 10.4. The second-order valence-corrected chi connectivity index (χ2v) is 8.20. The highest BCUT2D eigenvalue weighted by Crippen LogP contribution is 2.36. The third kappa shape index (κ3) is 4.79. The summed E-state index contributed by atoms with van der Waals surface area (Å²) in [5, 5.41) is 5.87. The highest BCUT2D eigenvalue weighted by atomic mass is 16.6. The van der Waals surface area contributed by atoms with Crippen LogP contribution in [0.15, 0.2) is 30.6 Å². The zero-order chi connectivity index (χ0) is 20.3. The van der Waals surface area contributed by atoms with Crippen LogP contribution in [0, 0.1) is 13.8 Å². The number of rotatable bonds is 5. The Labute approximate surface area is 171 Å². The highest BCUT2D eigenvalue weighted by Gasteiger charge is 2.41. The van der Waals surface area contributed by atoms with E-state index >= 15 is 0 Å². The molecule has 7 nitrogen and oxygen atoms in total. The maximum atomic E-state index is 12.3. The summed E-state index contributed by atoms with van der Waals surface area (Å²) in [6.45, 7) is 6.82. The lowest BCUT2D eigenvalue weighted by molar-refractivity contribution is -0.119. The van der Waals surface area contributed by atoms with Gasteiger partial charge in [0, 0.05) is 31.1 Å². The molecule has 2 N–H and O–H groups in total. The number of hydrogen-bond acceptors (Lipinski definition) is 4. The molecule has 0 saturated carbocycles. The molecule has 29 heavy (non-hydrogen) atoms. The molecule has 1 aromatic heterocycles. The standard InChI is InChI=1S/C22H30N4O3/c1-16-17(2)26(15-24-16)13-18-5-3-6-19(11-18)25-21(27)23-12-20-7-9-22(29-20)8-4-10-28-14-22/h3,5-6,11,15,20H,4,7-10,12-14H2,1-2H3,(H2,23,25,27). The van der Waals surface area contributed by atoms with E-state index in [1.807, 2.05) is 31.5 Å². The van der Waals surface area contributed by atoms with E-state index in [1.54, 1.807) is 0 Å². The topological polar surface area (TPSA) is 77.4 Å². The van der Waals surface area contributed by atoms with Crippen LogP contribution in [0.25, 0.3) is 0 Å². The number of nitrogens with one attached hydrogen (secondary N) is 2. The Hall–Kier alpha value is -2.38. The SMILES string of the molecule is Cc1ncn(Cc2cccc(NC(=O)NCC3CCC4(CCCOC4)O3)c2)c1C. The van der Waals surface area contributed by atoms with Crippen molar-refractivity contribution < 1.29 is 14.3 Å². The molecule has 1 spiro atoms. The van der Waals surface area contributed by atoms with Crippen LogP contribution in [0.5, 0.6) is 0 Å². The molecular weight excluding hydrogens is 368 g/mol. The van der Waals surface area contributed by atoms with Gasteiger partial charge in [-0.3, -0.25) is 0 Å². The molecule has 2 fully saturated rings. The zero-order valence-electron chi connectivity index (χ0n) is 17.2. The quantitative estimate of drug-likeness (QED) is 0.809. The summed E-state index contributed by atoms with van der Waals surface area (Å²) in [5.41, 5.74) is 3.95. The van der Waals surface area contributed by atoms with Crippen LogP contribution >= 0.6 is 0 Å². The van der Waals surface area contributed by atoms with Crippen LogP contribution in [0.1, 0.15) is 42.6 Å². The van der Waals surface area contributed by atoms with Crippen molar-refractivity contribution in [3.63, 3.8) is 0 Å². The normalized spacial score (nSPS) is 24.0. The van der Waals surface area contributed by atoms with Gasteiger partial charge < -0.3 is 24.7 Å². The van der Waals surface area contributed by atoms with Crippen molar-refractivity contribution in [2.24, 2.45) is 0 Å². The van der Waals surface area contributed by atoms with Crippen molar-refractivity contribution >= 4 is 11.7 Å². The lowest BCUT2D eigenvalue weighted by atomic mass is 9.93. The summed E-state index contributed by atoms with van der Waals surface area (Å²) < 4.78 is 13.9. The number of amides is 2. The molecule has 0 bridgehead atoms. The second kappa shape index (κ2) is 8.55. The number of aryl methyl sites for hydroxylation is 1. The number of imidazole rings is 1. The van der Waals surface area contributed by atoms with Gasteiger partial charge in [0.1, 0.15) is 0 Å². The fraction of sp³-hybridized carbons (Fsp3) is 0.545. The maximum Gasteiger partial charge on any atom is 0.319 e. The molecule has 1 aromatic carbocycles. The smallest absolute Gasteiger partial charge is 0.319 e.